The molecule has 1 aliphatic rings. The van der Waals surface area contributed by atoms with Crippen LogP contribution in [0.2, 0.25) is 5.02 Å². The van der Waals surface area contributed by atoms with Crippen molar-refractivity contribution in [2.24, 2.45) is 13.0 Å². The predicted octanol–water partition coefficient (Wildman–Crippen LogP) is 3.76. The van der Waals surface area contributed by atoms with Gasteiger partial charge in [-0.05, 0) is 57.7 Å². The fraction of sp³-hybridized carbons (Fsp3) is 0.292. The molecule has 0 amide bonds. The Hall–Kier alpha value is -3.04. The predicted molar refractivity (Wildman–Crippen MR) is 128 cm³/mol. The molecule has 0 aliphatic carbocycles. The Morgan fingerprint density at radius 1 is 1.26 bits per heavy atom. The highest BCUT2D eigenvalue weighted by Gasteiger charge is 2.31. The van der Waals surface area contributed by atoms with Gasteiger partial charge in [-0.1, -0.05) is 17.7 Å². The minimum Gasteiger partial charge on any atom is -0.491 e. The SMILES string of the molecule is COC(=O)COc1cc(CC2COc3c(Br)cc(Cn4ccn(C)c4=N)cc3C2=O)ccc1Cl. The summed E-state index contributed by atoms with van der Waals surface area (Å²) in [5, 5.41) is 8.50. The highest BCUT2D eigenvalue weighted by atomic mass is 79.9. The maximum absolute atomic E-state index is 13.4. The number of carbonyl (C=O) groups excluding carboxylic acids is 2. The number of methoxy groups -OCH3 is 1. The Kier molecular flexibility index (Phi) is 7.13. The summed E-state index contributed by atoms with van der Waals surface area (Å²) in [7, 11) is 3.09. The van der Waals surface area contributed by atoms with Crippen molar-refractivity contribution in [1.82, 2.24) is 9.13 Å². The smallest absolute Gasteiger partial charge is 0.343 e. The van der Waals surface area contributed by atoms with Crippen LogP contribution in [0.15, 0.2) is 47.2 Å². The van der Waals surface area contributed by atoms with Gasteiger partial charge in [0.25, 0.3) is 0 Å². The van der Waals surface area contributed by atoms with Gasteiger partial charge in [0.15, 0.2) is 12.4 Å². The molecule has 10 heteroatoms. The monoisotopic (exact) mass is 547 g/mol. The lowest BCUT2D eigenvalue weighted by atomic mass is 9.89. The largest absolute Gasteiger partial charge is 0.491 e. The molecule has 2 aromatic carbocycles. The van der Waals surface area contributed by atoms with E-state index in [0.717, 1.165) is 11.1 Å². The topological polar surface area (TPSA) is 95.5 Å². The van der Waals surface area contributed by atoms with Gasteiger partial charge in [0.1, 0.15) is 11.5 Å². The second kappa shape index (κ2) is 10.1. The van der Waals surface area contributed by atoms with Gasteiger partial charge >= 0.3 is 5.97 Å². The first-order valence-electron chi connectivity index (χ1n) is 10.5. The van der Waals surface area contributed by atoms with Gasteiger partial charge in [-0.2, -0.15) is 0 Å². The lowest BCUT2D eigenvalue weighted by Crippen LogP contribution is -2.30. The van der Waals surface area contributed by atoms with Crippen LogP contribution in [0.5, 0.6) is 11.5 Å². The van der Waals surface area contributed by atoms with Crippen LogP contribution in [0.25, 0.3) is 0 Å². The zero-order valence-corrected chi connectivity index (χ0v) is 21.0. The summed E-state index contributed by atoms with van der Waals surface area (Å²) < 4.78 is 20.2. The van der Waals surface area contributed by atoms with Crippen LogP contribution in [-0.4, -0.2) is 41.2 Å². The summed E-state index contributed by atoms with van der Waals surface area (Å²) in [5.74, 6) is -0.0283. The third kappa shape index (κ3) is 5.05. The molecular formula is C24H23BrClN3O5. The number of carbonyl (C=O) groups is 2. The van der Waals surface area contributed by atoms with E-state index in [2.05, 4.69) is 20.7 Å². The van der Waals surface area contributed by atoms with Gasteiger partial charge < -0.3 is 23.3 Å². The molecule has 0 saturated carbocycles. The van der Waals surface area contributed by atoms with Crippen LogP contribution in [-0.2, 0) is 29.5 Å². The number of fused-ring (bicyclic) bond motifs is 1. The molecule has 178 valence electrons. The standard InChI is InChI=1S/C24H23BrClN3O5/c1-28-5-6-29(24(28)27)11-15-8-17-22(31)16(12-34-23(17)18(25)9-15)7-14-3-4-19(26)20(10-14)33-13-21(30)32-2/h3-6,8-10,16,27H,7,11-13H2,1-2H3. The van der Waals surface area contributed by atoms with Crippen molar-refractivity contribution in [3.05, 3.63) is 74.5 Å². The average molecular weight is 549 g/mol. The molecule has 1 N–H and O–H groups in total. The Labute approximate surface area is 209 Å². The highest BCUT2D eigenvalue weighted by Crippen LogP contribution is 2.37. The van der Waals surface area contributed by atoms with Gasteiger partial charge in [-0.3, -0.25) is 10.2 Å². The number of ketones is 1. The van der Waals surface area contributed by atoms with Crippen molar-refractivity contribution in [2.45, 2.75) is 13.0 Å². The Bertz CT molecular complexity index is 1320. The highest BCUT2D eigenvalue weighted by molar-refractivity contribution is 9.10. The molecule has 3 aromatic rings. The minimum atomic E-state index is -0.512. The molecule has 1 aromatic heterocycles. The molecule has 1 atom stereocenters. The summed E-state index contributed by atoms with van der Waals surface area (Å²) in [6.45, 7) is 0.450. The minimum absolute atomic E-state index is 0.0139. The fourth-order valence-corrected chi connectivity index (χ4v) is 4.61. The normalized spacial score (nSPS) is 14.9. The number of nitrogens with one attached hydrogen (secondary N) is 1. The number of rotatable bonds is 7. The number of nitrogens with zero attached hydrogens (tertiary/aromatic N) is 2. The molecule has 0 saturated heterocycles. The van der Waals surface area contributed by atoms with Gasteiger partial charge in [0.05, 0.1) is 41.2 Å². The maximum atomic E-state index is 13.4. The number of imidazole rings is 1. The zero-order valence-electron chi connectivity index (χ0n) is 18.6. The van der Waals surface area contributed by atoms with E-state index in [4.69, 9.17) is 26.5 Å². The van der Waals surface area contributed by atoms with E-state index in [-0.39, 0.29) is 24.9 Å². The van der Waals surface area contributed by atoms with Gasteiger partial charge in [-0.25, -0.2) is 4.79 Å². The van der Waals surface area contributed by atoms with Gasteiger partial charge in [0.2, 0.25) is 5.62 Å². The van der Waals surface area contributed by atoms with Crippen LogP contribution in [0.3, 0.4) is 0 Å². The molecule has 1 unspecified atom stereocenters. The van der Waals surface area contributed by atoms with E-state index in [9.17, 15) is 9.59 Å². The maximum Gasteiger partial charge on any atom is 0.343 e. The van der Waals surface area contributed by atoms with Crippen LogP contribution >= 0.6 is 27.5 Å². The quantitative estimate of drug-likeness (QED) is 0.454. The lowest BCUT2D eigenvalue weighted by molar-refractivity contribution is -0.142. The second-order valence-corrected chi connectivity index (χ2v) is 9.28. The van der Waals surface area contributed by atoms with E-state index >= 15 is 0 Å². The van der Waals surface area contributed by atoms with Crippen molar-refractivity contribution < 1.29 is 23.8 Å². The summed E-state index contributed by atoms with van der Waals surface area (Å²) in [6, 6.07) is 8.97. The number of esters is 1. The molecule has 0 fully saturated rings. The van der Waals surface area contributed by atoms with Crippen LogP contribution in [0.4, 0.5) is 0 Å². The Balaban J connectivity index is 1.54. The van der Waals surface area contributed by atoms with Crippen molar-refractivity contribution in [1.29, 1.82) is 5.41 Å². The first-order chi connectivity index (χ1) is 16.3. The number of aromatic nitrogens is 2. The van der Waals surface area contributed by atoms with Gasteiger partial charge in [0, 0.05) is 19.4 Å². The summed E-state index contributed by atoms with van der Waals surface area (Å²) in [6.07, 6.45) is 4.07. The fourth-order valence-electron chi connectivity index (χ4n) is 3.82. The molecule has 0 radical (unpaired) electrons. The number of Topliss-reactive ketones (excluding diaryl/α,β-unsaturated/α-hetero) is 1. The third-order valence-electron chi connectivity index (χ3n) is 5.65. The number of aryl methyl sites for hydroxylation is 1. The number of ether oxygens (including phenoxy) is 3. The molecule has 8 nitrogen and oxygen atoms in total. The van der Waals surface area contributed by atoms with Crippen molar-refractivity contribution >= 4 is 39.3 Å². The molecular weight excluding hydrogens is 526 g/mol. The Morgan fingerprint density at radius 2 is 2.06 bits per heavy atom. The molecule has 0 bridgehead atoms. The summed E-state index contributed by atoms with van der Waals surface area (Å²) >= 11 is 9.71. The van der Waals surface area contributed by atoms with Crippen LogP contribution < -0.4 is 15.1 Å². The first-order valence-corrected chi connectivity index (χ1v) is 11.7. The first kappa shape index (κ1) is 24.1. The third-order valence-corrected chi connectivity index (χ3v) is 6.55. The number of benzene rings is 2. The van der Waals surface area contributed by atoms with E-state index < -0.39 is 5.97 Å². The van der Waals surface area contributed by atoms with Crippen LogP contribution in [0.1, 0.15) is 21.5 Å². The number of hydrogen-bond donors (Lipinski definition) is 1. The second-order valence-electron chi connectivity index (χ2n) is 8.02. The van der Waals surface area contributed by atoms with Crippen molar-refractivity contribution in [3.8, 4) is 11.5 Å². The molecule has 34 heavy (non-hydrogen) atoms. The van der Waals surface area contributed by atoms with E-state index in [0.29, 0.717) is 45.1 Å². The average Bonchev–Trinajstić information content (AvgIpc) is 3.13. The van der Waals surface area contributed by atoms with E-state index in [1.165, 1.54) is 7.11 Å². The molecule has 4 rings (SSSR count). The molecule has 0 spiro atoms. The summed E-state index contributed by atoms with van der Waals surface area (Å²) in [4.78, 5) is 24.8. The molecule has 2 heterocycles. The van der Waals surface area contributed by atoms with E-state index in [1.54, 1.807) is 21.3 Å². The molecule has 1 aliphatic heterocycles. The van der Waals surface area contributed by atoms with Crippen molar-refractivity contribution in [2.75, 3.05) is 20.3 Å². The zero-order chi connectivity index (χ0) is 24.4. The summed E-state index contributed by atoms with van der Waals surface area (Å²) in [5.41, 5.74) is 2.60. The van der Waals surface area contributed by atoms with Crippen molar-refractivity contribution in [3.63, 3.8) is 0 Å². The Morgan fingerprint density at radius 3 is 2.76 bits per heavy atom. The van der Waals surface area contributed by atoms with Crippen LogP contribution in [0, 0.1) is 11.3 Å². The number of halogens is 2. The lowest BCUT2D eigenvalue weighted by Gasteiger charge is -2.26. The van der Waals surface area contributed by atoms with Gasteiger partial charge in [-0.15, -0.1) is 0 Å². The number of hydrogen-bond acceptors (Lipinski definition) is 6. The van der Waals surface area contributed by atoms with E-state index in [1.807, 2.05) is 37.6 Å².